The normalized spacial score (nSPS) is 15.0. The van der Waals surface area contributed by atoms with Gasteiger partial charge in [0.1, 0.15) is 10.7 Å². The minimum absolute atomic E-state index is 0.0931. The third kappa shape index (κ3) is 3.74. The van der Waals surface area contributed by atoms with Gasteiger partial charge in [0.05, 0.1) is 29.5 Å². The Labute approximate surface area is 168 Å². The van der Waals surface area contributed by atoms with Crippen molar-refractivity contribution in [2.75, 3.05) is 31.0 Å². The number of carbonyl (C=O) groups excluding carboxylic acids is 1. The first kappa shape index (κ1) is 20.6. The van der Waals surface area contributed by atoms with Crippen LogP contribution in [0.15, 0.2) is 23.1 Å². The van der Waals surface area contributed by atoms with E-state index in [1.165, 1.54) is 12.1 Å². The molecule has 1 aliphatic heterocycles. The van der Waals surface area contributed by atoms with Gasteiger partial charge in [0.15, 0.2) is 0 Å². The Kier molecular flexibility index (Phi) is 5.69. The number of morpholine rings is 1. The number of aromatic nitrogens is 1. The van der Waals surface area contributed by atoms with E-state index in [0.29, 0.717) is 37.7 Å². The van der Waals surface area contributed by atoms with Crippen molar-refractivity contribution in [1.29, 1.82) is 0 Å². The number of anilines is 1. The maximum atomic E-state index is 13.4. The molecule has 1 saturated heterocycles. The molecule has 1 aromatic heterocycles. The lowest BCUT2D eigenvalue weighted by atomic mass is 10.2. The second-order valence-corrected chi connectivity index (χ2v) is 8.60. The Morgan fingerprint density at radius 3 is 2.46 bits per heavy atom. The molecule has 0 bridgehead atoms. The molecule has 152 valence electrons. The summed E-state index contributed by atoms with van der Waals surface area (Å²) in [5.41, 5.74) is 1.21. The molecule has 0 atom stereocenters. The largest absolute Gasteiger partial charge is 0.378 e. The molecule has 28 heavy (non-hydrogen) atoms. The molecule has 10 heteroatoms. The molecule has 2 heterocycles. The predicted molar refractivity (Wildman–Crippen MR) is 104 cm³/mol. The standard InChI is InChI=1S/C18H21ClFN3O4S/c1-11-16(18(24)23-6-8-27-9-7-23)17(12(2)22(11)3)28(25,26)21-13-4-5-15(20)14(19)10-13/h4-5,10,21H,6-9H2,1-3H3. The highest BCUT2D eigenvalue weighted by molar-refractivity contribution is 7.92. The molecule has 1 N–H and O–H groups in total. The first-order chi connectivity index (χ1) is 13.1. The molecule has 1 aromatic carbocycles. The average molecular weight is 430 g/mol. The minimum Gasteiger partial charge on any atom is -0.378 e. The van der Waals surface area contributed by atoms with Crippen LogP contribution in [0.3, 0.4) is 0 Å². The molecule has 0 radical (unpaired) electrons. The minimum atomic E-state index is -4.12. The van der Waals surface area contributed by atoms with Crippen molar-refractivity contribution in [3.63, 3.8) is 0 Å². The Balaban J connectivity index is 2.05. The average Bonchev–Trinajstić information content (AvgIpc) is 2.89. The molecule has 0 saturated carbocycles. The second kappa shape index (κ2) is 7.73. The van der Waals surface area contributed by atoms with Crippen molar-refractivity contribution in [3.8, 4) is 0 Å². The summed E-state index contributed by atoms with van der Waals surface area (Å²) in [6, 6.07) is 3.53. The molecular weight excluding hydrogens is 409 g/mol. The van der Waals surface area contributed by atoms with Crippen molar-refractivity contribution < 1.29 is 22.3 Å². The molecule has 2 aromatic rings. The second-order valence-electron chi connectivity index (χ2n) is 6.57. The highest BCUT2D eigenvalue weighted by atomic mass is 35.5. The molecule has 1 fully saturated rings. The van der Waals surface area contributed by atoms with Crippen LogP contribution in [-0.4, -0.2) is 50.1 Å². The van der Waals surface area contributed by atoms with Crippen LogP contribution in [0.2, 0.25) is 5.02 Å². The van der Waals surface area contributed by atoms with Crippen molar-refractivity contribution >= 4 is 33.2 Å². The Bertz CT molecular complexity index is 1030. The van der Waals surface area contributed by atoms with Crippen LogP contribution in [0.4, 0.5) is 10.1 Å². The zero-order valence-electron chi connectivity index (χ0n) is 15.8. The van der Waals surface area contributed by atoms with E-state index in [1.807, 2.05) is 0 Å². The summed E-state index contributed by atoms with van der Waals surface area (Å²) in [6.45, 7) is 4.94. The predicted octanol–water partition coefficient (Wildman–Crippen LogP) is 2.71. The fraction of sp³-hybridized carbons (Fsp3) is 0.389. The summed E-state index contributed by atoms with van der Waals surface area (Å²) >= 11 is 5.75. The first-order valence-electron chi connectivity index (χ1n) is 8.64. The van der Waals surface area contributed by atoms with Gasteiger partial charge in [0.25, 0.3) is 15.9 Å². The van der Waals surface area contributed by atoms with Crippen LogP contribution in [0.25, 0.3) is 0 Å². The van der Waals surface area contributed by atoms with Crippen LogP contribution in [0, 0.1) is 19.7 Å². The van der Waals surface area contributed by atoms with Gasteiger partial charge in [-0.15, -0.1) is 0 Å². The van der Waals surface area contributed by atoms with Crippen LogP contribution < -0.4 is 4.72 Å². The zero-order chi connectivity index (χ0) is 20.6. The summed E-state index contributed by atoms with van der Waals surface area (Å²) in [5, 5.41) is -0.203. The van der Waals surface area contributed by atoms with Gasteiger partial charge in [0.2, 0.25) is 0 Å². The van der Waals surface area contributed by atoms with Crippen molar-refractivity contribution in [2.24, 2.45) is 7.05 Å². The molecule has 1 amide bonds. The summed E-state index contributed by atoms with van der Waals surface area (Å²) in [5.74, 6) is -1.01. The van der Waals surface area contributed by atoms with Crippen LogP contribution in [-0.2, 0) is 21.8 Å². The lowest BCUT2D eigenvalue weighted by molar-refractivity contribution is 0.0300. The lowest BCUT2D eigenvalue weighted by Gasteiger charge is -2.27. The number of sulfonamides is 1. The molecular formula is C18H21ClFN3O4S. The van der Waals surface area contributed by atoms with Crippen LogP contribution >= 0.6 is 11.6 Å². The number of amides is 1. The van der Waals surface area contributed by atoms with E-state index < -0.39 is 15.8 Å². The summed E-state index contributed by atoms with van der Waals surface area (Å²) in [4.78, 5) is 14.6. The monoisotopic (exact) mass is 429 g/mol. The van der Waals surface area contributed by atoms with Gasteiger partial charge in [-0.25, -0.2) is 12.8 Å². The van der Waals surface area contributed by atoms with Crippen LogP contribution in [0.5, 0.6) is 0 Å². The Hall–Kier alpha value is -2.10. The Morgan fingerprint density at radius 2 is 1.86 bits per heavy atom. The van der Waals surface area contributed by atoms with E-state index in [0.717, 1.165) is 6.07 Å². The van der Waals surface area contributed by atoms with E-state index in [4.69, 9.17) is 16.3 Å². The van der Waals surface area contributed by atoms with Gasteiger partial charge in [-0.2, -0.15) is 0 Å². The van der Waals surface area contributed by atoms with E-state index in [1.54, 1.807) is 30.4 Å². The highest BCUT2D eigenvalue weighted by Gasteiger charge is 2.33. The lowest BCUT2D eigenvalue weighted by Crippen LogP contribution is -2.41. The molecule has 0 unspecified atom stereocenters. The first-order valence-corrected chi connectivity index (χ1v) is 10.5. The quantitative estimate of drug-likeness (QED) is 0.810. The molecule has 0 spiro atoms. The van der Waals surface area contributed by atoms with Crippen LogP contribution in [0.1, 0.15) is 21.7 Å². The number of hydrogen-bond acceptors (Lipinski definition) is 4. The van der Waals surface area contributed by atoms with E-state index >= 15 is 0 Å². The number of hydrogen-bond donors (Lipinski definition) is 1. The maximum Gasteiger partial charge on any atom is 0.264 e. The summed E-state index contributed by atoms with van der Waals surface area (Å²) in [7, 11) is -2.42. The number of halogens is 2. The van der Waals surface area contributed by atoms with E-state index in [9.17, 15) is 17.6 Å². The molecule has 3 rings (SSSR count). The number of benzene rings is 1. The number of rotatable bonds is 4. The summed E-state index contributed by atoms with van der Waals surface area (Å²) < 4.78 is 49.0. The zero-order valence-corrected chi connectivity index (χ0v) is 17.3. The number of carbonyl (C=O) groups is 1. The van der Waals surface area contributed by atoms with Gasteiger partial charge < -0.3 is 14.2 Å². The topological polar surface area (TPSA) is 80.6 Å². The summed E-state index contributed by atoms with van der Waals surface area (Å²) in [6.07, 6.45) is 0. The fourth-order valence-electron chi connectivity index (χ4n) is 3.19. The van der Waals surface area contributed by atoms with Gasteiger partial charge in [-0.05, 0) is 32.0 Å². The molecule has 1 aliphatic rings. The number of nitrogens with one attached hydrogen (secondary N) is 1. The smallest absolute Gasteiger partial charge is 0.264 e. The van der Waals surface area contributed by atoms with E-state index in [2.05, 4.69) is 4.72 Å². The van der Waals surface area contributed by atoms with Gasteiger partial charge in [0, 0.05) is 31.5 Å². The highest BCUT2D eigenvalue weighted by Crippen LogP contribution is 2.30. The SMILES string of the molecule is Cc1c(C(=O)N2CCOCC2)c(S(=O)(=O)Nc2ccc(F)c(Cl)c2)c(C)n1C. The number of nitrogens with zero attached hydrogens (tertiary/aromatic N) is 2. The maximum absolute atomic E-state index is 13.4. The molecule has 0 aliphatic carbocycles. The van der Waals surface area contributed by atoms with Crippen molar-refractivity contribution in [3.05, 3.63) is 46.0 Å². The van der Waals surface area contributed by atoms with Crippen molar-refractivity contribution in [1.82, 2.24) is 9.47 Å². The molecule has 7 nitrogen and oxygen atoms in total. The Morgan fingerprint density at radius 1 is 1.21 bits per heavy atom. The third-order valence-corrected chi connectivity index (χ3v) is 6.71. The van der Waals surface area contributed by atoms with E-state index in [-0.39, 0.29) is 27.1 Å². The fourth-order valence-corrected chi connectivity index (χ4v) is 4.94. The van der Waals surface area contributed by atoms with Crippen molar-refractivity contribution in [2.45, 2.75) is 18.7 Å². The van der Waals surface area contributed by atoms with Gasteiger partial charge in [-0.3, -0.25) is 9.52 Å². The van der Waals surface area contributed by atoms with Gasteiger partial charge >= 0.3 is 0 Å². The van der Waals surface area contributed by atoms with Gasteiger partial charge in [-0.1, -0.05) is 11.6 Å². The third-order valence-electron chi connectivity index (χ3n) is 4.88. The number of ether oxygens (including phenoxy) is 1.